The highest BCUT2D eigenvalue weighted by Gasteiger charge is 2.25. The third kappa shape index (κ3) is 3.90. The molecule has 0 fully saturated rings. The average Bonchev–Trinajstić information content (AvgIpc) is 2.16. The van der Waals surface area contributed by atoms with Gasteiger partial charge in [-0.25, -0.2) is 4.68 Å². The summed E-state index contributed by atoms with van der Waals surface area (Å²) < 4.78 is 1.56. The van der Waals surface area contributed by atoms with E-state index in [1.54, 1.807) is 4.68 Å². The van der Waals surface area contributed by atoms with Crippen molar-refractivity contribution in [2.24, 2.45) is 11.7 Å². The van der Waals surface area contributed by atoms with E-state index in [-0.39, 0.29) is 11.0 Å². The van der Waals surface area contributed by atoms with Gasteiger partial charge >= 0.3 is 0 Å². The first-order valence-corrected chi connectivity index (χ1v) is 6.85. The van der Waals surface area contributed by atoms with Gasteiger partial charge in [0.15, 0.2) is 0 Å². The third-order valence-electron chi connectivity index (χ3n) is 2.98. The lowest BCUT2D eigenvalue weighted by atomic mass is 9.88. The Morgan fingerprint density at radius 2 is 1.79 bits per heavy atom. The van der Waals surface area contributed by atoms with Gasteiger partial charge in [0, 0.05) is 23.1 Å². The molecule has 2 N–H and O–H groups in total. The number of hydrogen-bond donors (Lipinski definition) is 1. The standard InChI is InChI=1S/C15H27N3O/c1-10(2)9-18-13(19)11(15(6,7)16)8-12(17-18)14(3,4)5/h8,10H,9,16H2,1-7H3. The molecule has 0 aliphatic carbocycles. The largest absolute Gasteiger partial charge is 0.322 e. The van der Waals surface area contributed by atoms with Crippen molar-refractivity contribution in [3.8, 4) is 0 Å². The van der Waals surface area contributed by atoms with Gasteiger partial charge in [-0.15, -0.1) is 0 Å². The second kappa shape index (κ2) is 5.08. The zero-order valence-electron chi connectivity index (χ0n) is 13.2. The van der Waals surface area contributed by atoms with Crippen LogP contribution in [0.5, 0.6) is 0 Å². The van der Waals surface area contributed by atoms with Crippen LogP contribution in [0, 0.1) is 5.92 Å². The molecule has 1 aromatic heterocycles. The predicted octanol–water partition coefficient (Wildman–Crippen LogP) is 2.39. The topological polar surface area (TPSA) is 60.9 Å². The van der Waals surface area contributed by atoms with Crippen LogP contribution >= 0.6 is 0 Å². The molecule has 1 rings (SSSR count). The van der Waals surface area contributed by atoms with Crippen molar-refractivity contribution in [1.82, 2.24) is 9.78 Å². The summed E-state index contributed by atoms with van der Waals surface area (Å²) in [7, 11) is 0. The van der Waals surface area contributed by atoms with Crippen LogP contribution in [0.15, 0.2) is 10.9 Å². The van der Waals surface area contributed by atoms with Gasteiger partial charge in [-0.1, -0.05) is 34.6 Å². The lowest BCUT2D eigenvalue weighted by Gasteiger charge is -2.25. The molecule has 1 aromatic rings. The zero-order chi connectivity index (χ0) is 15.0. The molecule has 0 aliphatic rings. The molecule has 4 nitrogen and oxygen atoms in total. The normalized spacial score (nSPS) is 13.1. The van der Waals surface area contributed by atoms with E-state index < -0.39 is 5.54 Å². The monoisotopic (exact) mass is 265 g/mol. The fourth-order valence-corrected chi connectivity index (χ4v) is 1.84. The van der Waals surface area contributed by atoms with Crippen LogP contribution in [0.3, 0.4) is 0 Å². The van der Waals surface area contributed by atoms with E-state index in [1.807, 2.05) is 19.9 Å². The molecule has 0 bridgehead atoms. The molecule has 4 heteroatoms. The maximum atomic E-state index is 12.5. The predicted molar refractivity (Wildman–Crippen MR) is 79.2 cm³/mol. The summed E-state index contributed by atoms with van der Waals surface area (Å²) in [6, 6.07) is 1.86. The van der Waals surface area contributed by atoms with Crippen LogP contribution in [-0.4, -0.2) is 9.78 Å². The molecule has 0 unspecified atom stereocenters. The molecule has 0 aromatic carbocycles. The molecular formula is C15H27N3O. The smallest absolute Gasteiger partial charge is 0.271 e. The number of nitrogens with zero attached hydrogens (tertiary/aromatic N) is 2. The first-order valence-electron chi connectivity index (χ1n) is 6.85. The quantitative estimate of drug-likeness (QED) is 0.913. The van der Waals surface area contributed by atoms with Gasteiger partial charge in [-0.3, -0.25) is 4.79 Å². The van der Waals surface area contributed by atoms with Crippen LogP contribution in [0.2, 0.25) is 0 Å². The Bertz CT molecular complexity index is 502. The molecule has 0 saturated carbocycles. The average molecular weight is 265 g/mol. The SMILES string of the molecule is CC(C)Cn1nc(C(C)(C)C)cc(C(C)(C)N)c1=O. The summed E-state index contributed by atoms with van der Waals surface area (Å²) in [5.41, 5.74) is 6.83. The zero-order valence-corrected chi connectivity index (χ0v) is 13.2. The molecule has 0 spiro atoms. The first kappa shape index (κ1) is 15.9. The van der Waals surface area contributed by atoms with Crippen molar-refractivity contribution >= 4 is 0 Å². The minimum Gasteiger partial charge on any atom is -0.322 e. The molecule has 0 atom stereocenters. The molecular weight excluding hydrogens is 238 g/mol. The molecule has 1 heterocycles. The lowest BCUT2D eigenvalue weighted by molar-refractivity contribution is 0.423. The van der Waals surface area contributed by atoms with E-state index in [0.717, 1.165) is 5.69 Å². The van der Waals surface area contributed by atoms with E-state index in [1.165, 1.54) is 0 Å². The van der Waals surface area contributed by atoms with Crippen molar-refractivity contribution in [2.75, 3.05) is 0 Å². The second-order valence-corrected chi connectivity index (χ2v) is 7.30. The third-order valence-corrected chi connectivity index (χ3v) is 2.98. The number of hydrogen-bond acceptors (Lipinski definition) is 3. The summed E-state index contributed by atoms with van der Waals surface area (Å²) in [5.74, 6) is 0.370. The Balaban J connectivity index is 3.53. The first-order chi connectivity index (χ1) is 8.43. The van der Waals surface area contributed by atoms with Crippen LogP contribution in [0.25, 0.3) is 0 Å². The van der Waals surface area contributed by atoms with Gasteiger partial charge in [0.25, 0.3) is 5.56 Å². The molecule has 0 amide bonds. The maximum Gasteiger partial charge on any atom is 0.271 e. The fourth-order valence-electron chi connectivity index (χ4n) is 1.84. The fraction of sp³-hybridized carbons (Fsp3) is 0.733. The van der Waals surface area contributed by atoms with Crippen molar-refractivity contribution in [3.63, 3.8) is 0 Å². The van der Waals surface area contributed by atoms with Gasteiger partial charge in [-0.05, 0) is 25.8 Å². The van der Waals surface area contributed by atoms with E-state index in [0.29, 0.717) is 18.0 Å². The van der Waals surface area contributed by atoms with Crippen LogP contribution in [0.4, 0.5) is 0 Å². The molecule has 19 heavy (non-hydrogen) atoms. The van der Waals surface area contributed by atoms with Gasteiger partial charge in [0.05, 0.1) is 5.69 Å². The van der Waals surface area contributed by atoms with Gasteiger partial charge < -0.3 is 5.73 Å². The molecule has 0 aliphatic heterocycles. The Kier molecular flexibility index (Phi) is 4.25. The van der Waals surface area contributed by atoms with E-state index in [4.69, 9.17) is 5.73 Å². The number of rotatable bonds is 3. The summed E-state index contributed by atoms with van der Waals surface area (Å²) in [6.07, 6.45) is 0. The molecule has 108 valence electrons. The van der Waals surface area contributed by atoms with E-state index in [2.05, 4.69) is 39.7 Å². The van der Waals surface area contributed by atoms with Crippen molar-refractivity contribution < 1.29 is 0 Å². The molecule has 0 radical (unpaired) electrons. The lowest BCUT2D eigenvalue weighted by Crippen LogP contribution is -2.41. The number of nitrogens with two attached hydrogens (primary N) is 1. The molecule has 0 saturated heterocycles. The number of aromatic nitrogens is 2. The highest BCUT2D eigenvalue weighted by atomic mass is 16.1. The van der Waals surface area contributed by atoms with Gasteiger partial charge in [-0.2, -0.15) is 5.10 Å². The Morgan fingerprint density at radius 3 is 2.16 bits per heavy atom. The second-order valence-electron chi connectivity index (χ2n) is 7.30. The Morgan fingerprint density at radius 1 is 1.26 bits per heavy atom. The van der Waals surface area contributed by atoms with E-state index >= 15 is 0 Å². The Labute approximate surface area is 116 Å². The summed E-state index contributed by atoms with van der Waals surface area (Å²) >= 11 is 0. The van der Waals surface area contributed by atoms with E-state index in [9.17, 15) is 4.79 Å². The minimum atomic E-state index is -0.654. The van der Waals surface area contributed by atoms with Crippen molar-refractivity contribution in [2.45, 2.75) is 66.0 Å². The maximum absolute atomic E-state index is 12.5. The summed E-state index contributed by atoms with van der Waals surface area (Å²) in [4.78, 5) is 12.5. The summed E-state index contributed by atoms with van der Waals surface area (Å²) in [6.45, 7) is 14.8. The summed E-state index contributed by atoms with van der Waals surface area (Å²) in [5, 5.41) is 4.51. The highest BCUT2D eigenvalue weighted by Crippen LogP contribution is 2.22. The van der Waals surface area contributed by atoms with Crippen LogP contribution in [0.1, 0.15) is 59.7 Å². The van der Waals surface area contributed by atoms with Gasteiger partial charge in [0.1, 0.15) is 0 Å². The van der Waals surface area contributed by atoms with Gasteiger partial charge in [0.2, 0.25) is 0 Å². The van der Waals surface area contributed by atoms with Crippen molar-refractivity contribution in [3.05, 3.63) is 27.7 Å². The minimum absolute atomic E-state index is 0.0748. The van der Waals surface area contributed by atoms with Crippen molar-refractivity contribution in [1.29, 1.82) is 0 Å². The van der Waals surface area contributed by atoms with Crippen LogP contribution in [-0.2, 0) is 17.5 Å². The van der Waals surface area contributed by atoms with Crippen LogP contribution < -0.4 is 11.3 Å². The highest BCUT2D eigenvalue weighted by molar-refractivity contribution is 5.24. The Hall–Kier alpha value is -1.16.